The molecule has 0 spiro atoms. The van der Waals surface area contributed by atoms with Gasteiger partial charge in [0.05, 0.1) is 12.8 Å². The number of carbonyl (C=O) groups excluding carboxylic acids is 1. The van der Waals surface area contributed by atoms with Crippen LogP contribution in [0.1, 0.15) is 26.2 Å². The lowest BCUT2D eigenvalue weighted by molar-refractivity contribution is -0.132. The third kappa shape index (κ3) is 4.66. The Labute approximate surface area is 151 Å². The van der Waals surface area contributed by atoms with E-state index in [2.05, 4.69) is 33.8 Å². The van der Waals surface area contributed by atoms with Gasteiger partial charge < -0.3 is 14.5 Å². The smallest absolute Gasteiger partial charge is 0.223 e. The predicted octanol–water partition coefficient (Wildman–Crippen LogP) is 2.47. The molecule has 5 heteroatoms. The van der Waals surface area contributed by atoms with E-state index in [0.29, 0.717) is 12.3 Å². The number of piperazine rings is 1. The minimum atomic E-state index is 0.332. The molecule has 0 atom stereocenters. The van der Waals surface area contributed by atoms with Crippen LogP contribution in [-0.4, -0.2) is 68.6 Å². The normalized spacial score (nSPS) is 19.9. The van der Waals surface area contributed by atoms with Crippen molar-refractivity contribution in [3.63, 3.8) is 0 Å². The fraction of sp³-hybridized carbons (Fsp3) is 0.650. The van der Waals surface area contributed by atoms with Crippen LogP contribution in [0.3, 0.4) is 0 Å². The largest absolute Gasteiger partial charge is 0.495 e. The van der Waals surface area contributed by atoms with E-state index in [-0.39, 0.29) is 0 Å². The third-order valence-corrected chi connectivity index (χ3v) is 5.58. The van der Waals surface area contributed by atoms with Gasteiger partial charge >= 0.3 is 0 Å². The maximum absolute atomic E-state index is 12.4. The summed E-state index contributed by atoms with van der Waals surface area (Å²) in [6.45, 7) is 9.02. The van der Waals surface area contributed by atoms with Gasteiger partial charge in [0, 0.05) is 52.2 Å². The lowest BCUT2D eigenvalue weighted by Crippen LogP contribution is -2.47. The van der Waals surface area contributed by atoms with E-state index < -0.39 is 0 Å². The zero-order valence-corrected chi connectivity index (χ0v) is 15.6. The first-order valence-electron chi connectivity index (χ1n) is 9.55. The number of nitrogens with zero attached hydrogens (tertiary/aromatic N) is 3. The van der Waals surface area contributed by atoms with Crippen LogP contribution in [0, 0.1) is 5.92 Å². The molecule has 1 amide bonds. The fourth-order valence-electron chi connectivity index (χ4n) is 3.77. The van der Waals surface area contributed by atoms with Crippen molar-refractivity contribution in [1.29, 1.82) is 0 Å². The Morgan fingerprint density at radius 1 is 1.08 bits per heavy atom. The topological polar surface area (TPSA) is 36.0 Å². The maximum Gasteiger partial charge on any atom is 0.223 e. The zero-order chi connectivity index (χ0) is 17.6. The van der Waals surface area contributed by atoms with Crippen molar-refractivity contribution >= 4 is 11.6 Å². The van der Waals surface area contributed by atoms with Crippen LogP contribution in [0.4, 0.5) is 5.69 Å². The first-order valence-corrected chi connectivity index (χ1v) is 9.55. The molecule has 25 heavy (non-hydrogen) atoms. The molecule has 0 saturated carbocycles. The van der Waals surface area contributed by atoms with Gasteiger partial charge in [-0.2, -0.15) is 0 Å². The molecule has 0 N–H and O–H groups in total. The summed E-state index contributed by atoms with van der Waals surface area (Å²) >= 11 is 0. The molecule has 1 aromatic rings. The summed E-state index contributed by atoms with van der Waals surface area (Å²) in [5.41, 5.74) is 1.17. The fourth-order valence-corrected chi connectivity index (χ4v) is 3.77. The van der Waals surface area contributed by atoms with E-state index in [1.807, 2.05) is 12.1 Å². The number of anilines is 1. The van der Waals surface area contributed by atoms with Crippen molar-refractivity contribution < 1.29 is 9.53 Å². The second kappa shape index (κ2) is 8.56. The van der Waals surface area contributed by atoms with Gasteiger partial charge in [-0.25, -0.2) is 0 Å². The average molecular weight is 345 g/mol. The van der Waals surface area contributed by atoms with Crippen molar-refractivity contribution in [1.82, 2.24) is 9.80 Å². The van der Waals surface area contributed by atoms with E-state index in [0.717, 1.165) is 70.3 Å². The van der Waals surface area contributed by atoms with Gasteiger partial charge in [0.2, 0.25) is 5.91 Å². The Bertz CT molecular complexity index is 562. The Morgan fingerprint density at radius 2 is 1.76 bits per heavy atom. The molecule has 0 bridgehead atoms. The van der Waals surface area contributed by atoms with Crippen molar-refractivity contribution in [2.24, 2.45) is 5.92 Å². The van der Waals surface area contributed by atoms with Gasteiger partial charge in [0.1, 0.15) is 5.75 Å². The first-order chi connectivity index (χ1) is 12.2. The lowest BCUT2D eigenvalue weighted by atomic mass is 9.99. The number of hydrogen-bond acceptors (Lipinski definition) is 4. The SMILES string of the molecule is COc1ccccc1N1CCN(CCC(=O)N2CCC(C)CC2)CC1. The molecule has 1 aromatic carbocycles. The van der Waals surface area contributed by atoms with Gasteiger partial charge in [-0.1, -0.05) is 19.1 Å². The quantitative estimate of drug-likeness (QED) is 0.821. The van der Waals surface area contributed by atoms with E-state index >= 15 is 0 Å². The number of carbonyl (C=O) groups is 1. The molecule has 2 heterocycles. The highest BCUT2D eigenvalue weighted by Crippen LogP contribution is 2.28. The molecule has 2 aliphatic heterocycles. The van der Waals surface area contributed by atoms with Gasteiger partial charge in [0.15, 0.2) is 0 Å². The number of amides is 1. The van der Waals surface area contributed by atoms with Gasteiger partial charge in [-0.15, -0.1) is 0 Å². The van der Waals surface area contributed by atoms with E-state index in [4.69, 9.17) is 4.74 Å². The number of hydrogen-bond donors (Lipinski definition) is 0. The van der Waals surface area contributed by atoms with Crippen LogP contribution in [0.15, 0.2) is 24.3 Å². The Kier molecular flexibility index (Phi) is 6.19. The van der Waals surface area contributed by atoms with E-state index in [9.17, 15) is 4.79 Å². The highest BCUT2D eigenvalue weighted by molar-refractivity contribution is 5.76. The monoisotopic (exact) mass is 345 g/mol. The average Bonchev–Trinajstić information content (AvgIpc) is 2.67. The van der Waals surface area contributed by atoms with Crippen LogP contribution >= 0.6 is 0 Å². The molecule has 5 nitrogen and oxygen atoms in total. The summed E-state index contributed by atoms with van der Waals surface area (Å²) in [6.07, 6.45) is 2.97. The van der Waals surface area contributed by atoms with Crippen molar-refractivity contribution in [3.8, 4) is 5.75 Å². The number of likely N-dealkylation sites (tertiary alicyclic amines) is 1. The van der Waals surface area contributed by atoms with Crippen molar-refractivity contribution in [2.75, 3.05) is 57.8 Å². The van der Waals surface area contributed by atoms with Crippen molar-refractivity contribution in [2.45, 2.75) is 26.2 Å². The first kappa shape index (κ1) is 18.1. The molecule has 2 saturated heterocycles. The Morgan fingerprint density at radius 3 is 2.44 bits per heavy atom. The Balaban J connectivity index is 1.43. The minimum absolute atomic E-state index is 0.332. The highest BCUT2D eigenvalue weighted by Gasteiger charge is 2.23. The number of ether oxygens (including phenoxy) is 1. The maximum atomic E-state index is 12.4. The molecule has 0 aromatic heterocycles. The van der Waals surface area contributed by atoms with E-state index in [1.54, 1.807) is 7.11 Å². The standard InChI is InChI=1S/C20H31N3O2/c1-17-7-11-23(12-8-17)20(24)9-10-21-13-15-22(16-14-21)18-5-3-4-6-19(18)25-2/h3-6,17H,7-16H2,1-2H3. The molecule has 0 unspecified atom stereocenters. The number of benzene rings is 1. The predicted molar refractivity (Wildman–Crippen MR) is 101 cm³/mol. The van der Waals surface area contributed by atoms with E-state index in [1.165, 1.54) is 5.69 Å². The summed E-state index contributed by atoms with van der Waals surface area (Å²) in [4.78, 5) is 19.2. The van der Waals surface area contributed by atoms with Gasteiger partial charge in [-0.05, 0) is 30.9 Å². The Hall–Kier alpha value is -1.75. The van der Waals surface area contributed by atoms with Gasteiger partial charge in [-0.3, -0.25) is 9.69 Å². The number of rotatable bonds is 5. The summed E-state index contributed by atoms with van der Waals surface area (Å²) in [7, 11) is 1.72. The minimum Gasteiger partial charge on any atom is -0.495 e. The van der Waals surface area contributed by atoms with Gasteiger partial charge in [0.25, 0.3) is 0 Å². The lowest BCUT2D eigenvalue weighted by Gasteiger charge is -2.37. The molecular weight excluding hydrogens is 314 g/mol. The molecule has 0 aliphatic carbocycles. The van der Waals surface area contributed by atoms with Crippen LogP contribution in [0.2, 0.25) is 0 Å². The number of para-hydroxylation sites is 2. The van der Waals surface area contributed by atoms with Crippen LogP contribution in [0.25, 0.3) is 0 Å². The van der Waals surface area contributed by atoms with Crippen molar-refractivity contribution in [3.05, 3.63) is 24.3 Å². The van der Waals surface area contributed by atoms with Crippen LogP contribution < -0.4 is 9.64 Å². The number of methoxy groups -OCH3 is 1. The molecular formula is C20H31N3O2. The molecule has 2 aliphatic rings. The van der Waals surface area contributed by atoms with Crippen LogP contribution in [-0.2, 0) is 4.79 Å². The molecule has 0 radical (unpaired) electrons. The molecule has 138 valence electrons. The summed E-state index contributed by atoms with van der Waals surface area (Å²) in [5.74, 6) is 2.04. The number of piperidine rings is 1. The highest BCUT2D eigenvalue weighted by atomic mass is 16.5. The van der Waals surface area contributed by atoms with Crippen LogP contribution in [0.5, 0.6) is 5.75 Å². The summed E-state index contributed by atoms with van der Waals surface area (Å²) < 4.78 is 5.47. The molecule has 2 fully saturated rings. The summed E-state index contributed by atoms with van der Waals surface area (Å²) in [6, 6.07) is 8.20. The summed E-state index contributed by atoms with van der Waals surface area (Å²) in [5, 5.41) is 0. The second-order valence-electron chi connectivity index (χ2n) is 7.31. The molecule has 3 rings (SSSR count). The third-order valence-electron chi connectivity index (χ3n) is 5.58. The second-order valence-corrected chi connectivity index (χ2v) is 7.31. The zero-order valence-electron chi connectivity index (χ0n) is 15.6.